The van der Waals surface area contributed by atoms with Crippen molar-refractivity contribution in [2.75, 3.05) is 7.11 Å². The summed E-state index contributed by atoms with van der Waals surface area (Å²) < 4.78 is 10.3. The van der Waals surface area contributed by atoms with Crippen LogP contribution in [0.4, 0.5) is 0 Å². The molecule has 1 atom stereocenters. The fourth-order valence-electron chi connectivity index (χ4n) is 2.41. The maximum Gasteiger partial charge on any atom is 0.337 e. The van der Waals surface area contributed by atoms with E-state index in [4.69, 9.17) is 4.74 Å². The minimum Gasteiger partial charge on any atom is -0.483 e. The van der Waals surface area contributed by atoms with Crippen LogP contribution in [0.3, 0.4) is 0 Å². The fraction of sp³-hybridized carbons (Fsp3) is 0.333. The van der Waals surface area contributed by atoms with Gasteiger partial charge in [0.15, 0.2) is 6.10 Å². The van der Waals surface area contributed by atoms with E-state index in [0.29, 0.717) is 16.9 Å². The van der Waals surface area contributed by atoms with Crippen LogP contribution in [0, 0.1) is 0 Å². The lowest BCUT2D eigenvalue weighted by molar-refractivity contribution is 0.0600. The molecule has 0 amide bonds. The van der Waals surface area contributed by atoms with Crippen LogP contribution in [0.25, 0.3) is 0 Å². The second-order valence-corrected chi connectivity index (χ2v) is 6.97. The Morgan fingerprint density at radius 2 is 1.40 bits per heavy atom. The molecule has 0 aromatic heterocycles. The average molecular weight is 340 g/mol. The van der Waals surface area contributed by atoms with Crippen LogP contribution in [0.5, 0.6) is 5.75 Å². The Morgan fingerprint density at radius 3 is 1.88 bits per heavy atom. The van der Waals surface area contributed by atoms with Gasteiger partial charge in [-0.05, 0) is 42.2 Å². The van der Waals surface area contributed by atoms with Crippen LogP contribution in [0.15, 0.2) is 48.5 Å². The molecule has 4 heteroatoms. The molecule has 0 unspecified atom stereocenters. The number of rotatable bonds is 5. The van der Waals surface area contributed by atoms with E-state index < -0.39 is 12.1 Å². The van der Waals surface area contributed by atoms with Gasteiger partial charge in [-0.15, -0.1) is 0 Å². The van der Waals surface area contributed by atoms with Crippen LogP contribution in [0.2, 0.25) is 0 Å². The van der Waals surface area contributed by atoms with E-state index in [1.165, 1.54) is 12.7 Å². The maximum atomic E-state index is 12.5. The Hall–Kier alpha value is -2.62. The highest BCUT2D eigenvalue weighted by atomic mass is 16.5. The molecule has 25 heavy (non-hydrogen) atoms. The van der Waals surface area contributed by atoms with Gasteiger partial charge in [0.05, 0.1) is 12.7 Å². The zero-order chi connectivity index (χ0) is 18.6. The number of hydrogen-bond acceptors (Lipinski definition) is 4. The minimum absolute atomic E-state index is 0.0467. The normalized spacial score (nSPS) is 12.4. The third kappa shape index (κ3) is 4.69. The van der Waals surface area contributed by atoms with E-state index >= 15 is 0 Å². The first-order chi connectivity index (χ1) is 11.7. The minimum atomic E-state index is -0.621. The van der Waals surface area contributed by atoms with Gasteiger partial charge in [0.2, 0.25) is 5.78 Å². The van der Waals surface area contributed by atoms with E-state index in [1.54, 1.807) is 31.2 Å². The van der Waals surface area contributed by atoms with Gasteiger partial charge < -0.3 is 9.47 Å². The lowest BCUT2D eigenvalue weighted by atomic mass is 9.86. The average Bonchev–Trinajstić information content (AvgIpc) is 2.60. The van der Waals surface area contributed by atoms with E-state index in [0.717, 1.165) is 0 Å². The van der Waals surface area contributed by atoms with Gasteiger partial charge in [-0.1, -0.05) is 45.0 Å². The van der Waals surface area contributed by atoms with Crippen molar-refractivity contribution >= 4 is 11.8 Å². The third-order valence-electron chi connectivity index (χ3n) is 3.99. The summed E-state index contributed by atoms with van der Waals surface area (Å²) in [6, 6.07) is 14.1. The SMILES string of the molecule is COC(=O)c1ccc(O[C@H](C)C(=O)c2ccc(C(C)(C)C)cc2)cc1. The van der Waals surface area contributed by atoms with E-state index in [2.05, 4.69) is 25.5 Å². The molecule has 0 aliphatic rings. The van der Waals surface area contributed by atoms with E-state index in [1.807, 2.05) is 24.3 Å². The lowest BCUT2D eigenvalue weighted by Crippen LogP contribution is -2.24. The van der Waals surface area contributed by atoms with E-state index in [-0.39, 0.29) is 11.2 Å². The van der Waals surface area contributed by atoms with Gasteiger partial charge in [0.25, 0.3) is 0 Å². The standard InChI is InChI=1S/C21H24O4/c1-14(25-18-12-8-16(9-13-18)20(23)24-5)19(22)15-6-10-17(11-7-15)21(2,3)4/h6-14H,1-5H3/t14-/m1/s1. The summed E-state index contributed by atoms with van der Waals surface area (Å²) >= 11 is 0. The molecule has 0 fully saturated rings. The molecule has 0 aliphatic heterocycles. The molecule has 0 heterocycles. The summed E-state index contributed by atoms with van der Waals surface area (Å²) in [5, 5.41) is 0. The van der Waals surface area contributed by atoms with Crippen LogP contribution < -0.4 is 4.74 Å². The summed E-state index contributed by atoms with van der Waals surface area (Å²) in [6.45, 7) is 8.11. The molecule has 0 radical (unpaired) electrons. The second-order valence-electron chi connectivity index (χ2n) is 6.97. The van der Waals surface area contributed by atoms with Crippen molar-refractivity contribution in [2.24, 2.45) is 0 Å². The highest BCUT2D eigenvalue weighted by Crippen LogP contribution is 2.23. The Balaban J connectivity index is 2.06. The summed E-state index contributed by atoms with van der Waals surface area (Å²) in [7, 11) is 1.33. The number of hydrogen-bond donors (Lipinski definition) is 0. The molecule has 132 valence electrons. The van der Waals surface area contributed by atoms with Crippen molar-refractivity contribution in [3.8, 4) is 5.75 Å². The summed E-state index contributed by atoms with van der Waals surface area (Å²) in [5.74, 6) is 0.0342. The van der Waals surface area contributed by atoms with Gasteiger partial charge in [-0.3, -0.25) is 4.79 Å². The molecule has 0 aliphatic carbocycles. The molecular formula is C21H24O4. The predicted octanol–water partition coefficient (Wildman–Crippen LogP) is 4.42. The molecule has 0 N–H and O–H groups in total. The second kappa shape index (κ2) is 7.51. The van der Waals surface area contributed by atoms with Crippen molar-refractivity contribution in [3.05, 3.63) is 65.2 Å². The zero-order valence-electron chi connectivity index (χ0n) is 15.3. The summed E-state index contributed by atoms with van der Waals surface area (Å²) in [6.07, 6.45) is -0.621. The first kappa shape index (κ1) is 18.7. The zero-order valence-corrected chi connectivity index (χ0v) is 15.3. The number of esters is 1. The largest absolute Gasteiger partial charge is 0.483 e. The van der Waals surface area contributed by atoms with Gasteiger partial charge >= 0.3 is 5.97 Å². The van der Waals surface area contributed by atoms with Crippen molar-refractivity contribution in [3.63, 3.8) is 0 Å². The molecule has 0 bridgehead atoms. The molecule has 2 aromatic rings. The Morgan fingerprint density at radius 1 is 0.880 bits per heavy atom. The van der Waals surface area contributed by atoms with Gasteiger partial charge in [-0.2, -0.15) is 0 Å². The molecule has 4 nitrogen and oxygen atoms in total. The Kier molecular flexibility index (Phi) is 5.62. The molecule has 0 saturated carbocycles. The summed E-state index contributed by atoms with van der Waals surface area (Å²) in [5.41, 5.74) is 2.28. The number of ether oxygens (including phenoxy) is 2. The predicted molar refractivity (Wildman–Crippen MR) is 97.3 cm³/mol. The molecule has 0 spiro atoms. The van der Waals surface area contributed by atoms with Gasteiger partial charge in [-0.25, -0.2) is 4.79 Å². The van der Waals surface area contributed by atoms with Gasteiger partial charge in [0.1, 0.15) is 5.75 Å². The Labute approximate surface area is 148 Å². The van der Waals surface area contributed by atoms with E-state index in [9.17, 15) is 9.59 Å². The lowest BCUT2D eigenvalue weighted by Gasteiger charge is -2.19. The molecule has 2 aromatic carbocycles. The van der Waals surface area contributed by atoms with Crippen molar-refractivity contribution < 1.29 is 19.1 Å². The number of ketones is 1. The molecule has 0 saturated heterocycles. The number of methoxy groups -OCH3 is 1. The van der Waals surface area contributed by atoms with Crippen molar-refractivity contribution in [1.29, 1.82) is 0 Å². The molecule has 2 rings (SSSR count). The first-order valence-corrected chi connectivity index (χ1v) is 8.22. The monoisotopic (exact) mass is 340 g/mol. The van der Waals surface area contributed by atoms with Crippen molar-refractivity contribution in [1.82, 2.24) is 0 Å². The highest BCUT2D eigenvalue weighted by molar-refractivity contribution is 5.99. The number of carbonyl (C=O) groups is 2. The van der Waals surface area contributed by atoms with Gasteiger partial charge in [0, 0.05) is 5.56 Å². The summed E-state index contributed by atoms with van der Waals surface area (Å²) in [4.78, 5) is 24.0. The van der Waals surface area contributed by atoms with Crippen LogP contribution in [-0.2, 0) is 10.2 Å². The number of benzene rings is 2. The number of carbonyl (C=O) groups excluding carboxylic acids is 2. The third-order valence-corrected chi connectivity index (χ3v) is 3.99. The van der Waals surface area contributed by atoms with Crippen LogP contribution in [-0.4, -0.2) is 25.0 Å². The molecular weight excluding hydrogens is 316 g/mol. The topological polar surface area (TPSA) is 52.6 Å². The van der Waals surface area contributed by atoms with Crippen LogP contribution in [0.1, 0.15) is 54.0 Å². The fourth-order valence-corrected chi connectivity index (χ4v) is 2.41. The highest BCUT2D eigenvalue weighted by Gasteiger charge is 2.19. The maximum absolute atomic E-state index is 12.5. The Bertz CT molecular complexity index is 737. The quantitative estimate of drug-likeness (QED) is 0.597. The smallest absolute Gasteiger partial charge is 0.337 e. The van der Waals surface area contributed by atoms with Crippen molar-refractivity contribution in [2.45, 2.75) is 39.2 Å². The first-order valence-electron chi connectivity index (χ1n) is 8.22. The number of Topliss-reactive ketones (excluding diaryl/α,β-unsaturated/α-hetero) is 1. The van der Waals surface area contributed by atoms with Crippen LogP contribution >= 0.6 is 0 Å².